The number of hydrogen-bond donors (Lipinski definition) is 1. The third-order valence-corrected chi connectivity index (χ3v) is 4.60. The second-order valence-electron chi connectivity index (χ2n) is 7.08. The molecule has 0 aliphatic rings. The van der Waals surface area contributed by atoms with Gasteiger partial charge in [0.25, 0.3) is 0 Å². The summed E-state index contributed by atoms with van der Waals surface area (Å²) in [6.07, 6.45) is -6.31. The summed E-state index contributed by atoms with van der Waals surface area (Å²) in [6, 6.07) is 15.1. The van der Waals surface area contributed by atoms with Gasteiger partial charge in [-0.25, -0.2) is 4.79 Å². The van der Waals surface area contributed by atoms with Crippen LogP contribution < -0.4 is 4.74 Å². The van der Waals surface area contributed by atoms with Crippen molar-refractivity contribution in [3.8, 4) is 5.75 Å². The molecule has 2 unspecified atom stereocenters. The van der Waals surface area contributed by atoms with E-state index in [4.69, 9.17) is 4.74 Å². The summed E-state index contributed by atoms with van der Waals surface area (Å²) in [5, 5.41) is 9.94. The topological polar surface area (TPSA) is 55.8 Å². The SMILES string of the molecule is CCCCCCC(O)C(OC(=O)c1ccc(OCc2ccccc2)cc1)C(F)(F)F. The standard InChI is InChI=1S/C23H27F3O4/c1-2-3-4-8-11-20(27)21(23(24,25)26)30-22(28)18-12-14-19(15-13-18)29-16-17-9-6-5-7-10-17/h5-7,9-10,12-15,20-21,27H,2-4,8,11,16H2,1H3. The van der Waals surface area contributed by atoms with Gasteiger partial charge in [-0.3, -0.25) is 0 Å². The van der Waals surface area contributed by atoms with E-state index in [9.17, 15) is 23.1 Å². The molecular formula is C23H27F3O4. The van der Waals surface area contributed by atoms with Gasteiger partial charge in [-0.15, -0.1) is 0 Å². The number of carbonyl (C=O) groups is 1. The van der Waals surface area contributed by atoms with Crippen LogP contribution in [0, 0.1) is 0 Å². The zero-order valence-electron chi connectivity index (χ0n) is 16.9. The van der Waals surface area contributed by atoms with Crippen molar-refractivity contribution in [1.82, 2.24) is 0 Å². The lowest BCUT2D eigenvalue weighted by Crippen LogP contribution is -2.43. The molecule has 0 spiro atoms. The van der Waals surface area contributed by atoms with Gasteiger partial charge in [0, 0.05) is 0 Å². The number of alkyl halides is 3. The minimum absolute atomic E-state index is 0.0468. The molecule has 0 saturated heterocycles. The van der Waals surface area contributed by atoms with E-state index in [1.54, 1.807) is 0 Å². The number of halogens is 3. The molecule has 0 amide bonds. The number of aliphatic hydroxyl groups is 1. The molecular weight excluding hydrogens is 397 g/mol. The first kappa shape index (κ1) is 23.7. The van der Waals surface area contributed by atoms with Crippen molar-refractivity contribution < 1.29 is 32.5 Å². The number of aliphatic hydroxyl groups excluding tert-OH is 1. The Hall–Kier alpha value is -2.54. The lowest BCUT2D eigenvalue weighted by atomic mass is 10.0. The third kappa shape index (κ3) is 7.71. The summed E-state index contributed by atoms with van der Waals surface area (Å²) < 4.78 is 50.1. The molecule has 0 heterocycles. The zero-order chi connectivity index (χ0) is 22.0. The van der Waals surface area contributed by atoms with Crippen molar-refractivity contribution in [3.05, 3.63) is 65.7 Å². The number of esters is 1. The van der Waals surface area contributed by atoms with Crippen molar-refractivity contribution in [3.63, 3.8) is 0 Å². The number of rotatable bonds is 11. The van der Waals surface area contributed by atoms with E-state index in [1.807, 2.05) is 37.3 Å². The number of benzene rings is 2. The molecule has 7 heteroatoms. The molecule has 30 heavy (non-hydrogen) atoms. The summed E-state index contributed by atoms with van der Waals surface area (Å²) >= 11 is 0. The number of unbranched alkanes of at least 4 members (excludes halogenated alkanes) is 3. The Morgan fingerprint density at radius 2 is 1.67 bits per heavy atom. The molecule has 164 valence electrons. The molecule has 4 nitrogen and oxygen atoms in total. The molecule has 1 N–H and O–H groups in total. The molecule has 0 aromatic heterocycles. The quantitative estimate of drug-likeness (QED) is 0.372. The van der Waals surface area contributed by atoms with Gasteiger partial charge in [0.15, 0.2) is 0 Å². The molecule has 0 radical (unpaired) electrons. The predicted molar refractivity (Wildman–Crippen MR) is 107 cm³/mol. The minimum atomic E-state index is -4.85. The van der Waals surface area contributed by atoms with Crippen LogP contribution >= 0.6 is 0 Å². The molecule has 0 fully saturated rings. The summed E-state index contributed by atoms with van der Waals surface area (Å²) in [7, 11) is 0. The molecule has 2 aromatic rings. The van der Waals surface area contributed by atoms with E-state index in [1.165, 1.54) is 24.3 Å². The Bertz CT molecular complexity index is 760. The van der Waals surface area contributed by atoms with Crippen LogP contribution in [0.2, 0.25) is 0 Å². The van der Waals surface area contributed by atoms with Crippen LogP contribution in [0.15, 0.2) is 54.6 Å². The van der Waals surface area contributed by atoms with Gasteiger partial charge in [-0.1, -0.05) is 62.9 Å². The van der Waals surface area contributed by atoms with Crippen molar-refractivity contribution >= 4 is 5.97 Å². The third-order valence-electron chi connectivity index (χ3n) is 4.60. The van der Waals surface area contributed by atoms with Gasteiger partial charge in [-0.05, 0) is 36.2 Å². The Morgan fingerprint density at radius 1 is 1.00 bits per heavy atom. The summed E-state index contributed by atoms with van der Waals surface area (Å²) in [5.41, 5.74) is 0.913. The lowest BCUT2D eigenvalue weighted by molar-refractivity contribution is -0.230. The van der Waals surface area contributed by atoms with E-state index in [0.29, 0.717) is 18.8 Å². The first-order chi connectivity index (χ1) is 14.3. The van der Waals surface area contributed by atoms with E-state index >= 15 is 0 Å². The maximum Gasteiger partial charge on any atom is 0.428 e. The van der Waals surface area contributed by atoms with E-state index in [2.05, 4.69) is 4.74 Å². The predicted octanol–water partition coefficient (Wildman–Crippen LogP) is 5.68. The van der Waals surface area contributed by atoms with Crippen LogP contribution in [0.5, 0.6) is 5.75 Å². The van der Waals surface area contributed by atoms with Crippen LogP contribution in [-0.4, -0.2) is 29.5 Å². The highest BCUT2D eigenvalue weighted by Gasteiger charge is 2.47. The molecule has 2 aromatic carbocycles. The van der Waals surface area contributed by atoms with Crippen molar-refractivity contribution in [2.75, 3.05) is 0 Å². The molecule has 2 atom stereocenters. The molecule has 0 aliphatic heterocycles. The Labute approximate surface area is 174 Å². The van der Waals surface area contributed by atoms with Gasteiger partial charge < -0.3 is 14.6 Å². The molecule has 0 aliphatic carbocycles. The highest BCUT2D eigenvalue weighted by atomic mass is 19.4. The fourth-order valence-corrected chi connectivity index (χ4v) is 2.91. The second-order valence-corrected chi connectivity index (χ2v) is 7.08. The summed E-state index contributed by atoms with van der Waals surface area (Å²) in [6.45, 7) is 2.31. The smallest absolute Gasteiger partial charge is 0.428 e. The highest BCUT2D eigenvalue weighted by molar-refractivity contribution is 5.89. The Balaban J connectivity index is 1.94. The Morgan fingerprint density at radius 3 is 2.27 bits per heavy atom. The van der Waals surface area contributed by atoms with Gasteiger partial charge in [-0.2, -0.15) is 13.2 Å². The summed E-state index contributed by atoms with van der Waals surface area (Å²) in [5.74, 6) is -0.668. The van der Waals surface area contributed by atoms with Gasteiger partial charge >= 0.3 is 12.1 Å². The zero-order valence-corrected chi connectivity index (χ0v) is 16.9. The average Bonchev–Trinajstić information content (AvgIpc) is 2.73. The average molecular weight is 424 g/mol. The van der Waals surface area contributed by atoms with E-state index < -0.39 is 24.4 Å². The fourth-order valence-electron chi connectivity index (χ4n) is 2.91. The maximum absolute atomic E-state index is 13.3. The Kier molecular flexibility index (Phi) is 9.17. The van der Waals surface area contributed by atoms with Gasteiger partial charge in [0.1, 0.15) is 18.5 Å². The van der Waals surface area contributed by atoms with E-state index in [0.717, 1.165) is 24.8 Å². The maximum atomic E-state index is 13.3. The second kappa shape index (κ2) is 11.6. The monoisotopic (exact) mass is 424 g/mol. The van der Waals surface area contributed by atoms with Crippen LogP contribution in [-0.2, 0) is 11.3 Å². The first-order valence-corrected chi connectivity index (χ1v) is 10.0. The first-order valence-electron chi connectivity index (χ1n) is 10.0. The number of ether oxygens (including phenoxy) is 2. The number of hydrogen-bond acceptors (Lipinski definition) is 4. The minimum Gasteiger partial charge on any atom is -0.489 e. The largest absolute Gasteiger partial charge is 0.489 e. The van der Waals surface area contributed by atoms with Crippen LogP contribution in [0.4, 0.5) is 13.2 Å². The lowest BCUT2D eigenvalue weighted by Gasteiger charge is -2.25. The van der Waals surface area contributed by atoms with Crippen LogP contribution in [0.3, 0.4) is 0 Å². The molecule has 0 saturated carbocycles. The van der Waals surface area contributed by atoms with Crippen molar-refractivity contribution in [2.24, 2.45) is 0 Å². The van der Waals surface area contributed by atoms with Crippen LogP contribution in [0.25, 0.3) is 0 Å². The molecule has 0 bridgehead atoms. The van der Waals surface area contributed by atoms with Crippen molar-refractivity contribution in [1.29, 1.82) is 0 Å². The normalized spacial score (nSPS) is 13.5. The summed E-state index contributed by atoms with van der Waals surface area (Å²) in [4.78, 5) is 12.2. The van der Waals surface area contributed by atoms with Gasteiger partial charge in [0.2, 0.25) is 6.10 Å². The fraction of sp³-hybridized carbons (Fsp3) is 0.435. The van der Waals surface area contributed by atoms with E-state index in [-0.39, 0.29) is 12.0 Å². The molecule has 2 rings (SSSR count). The number of carbonyl (C=O) groups excluding carboxylic acids is 1. The highest BCUT2D eigenvalue weighted by Crippen LogP contribution is 2.29. The van der Waals surface area contributed by atoms with Gasteiger partial charge in [0.05, 0.1) is 5.56 Å². The van der Waals surface area contributed by atoms with Crippen molar-refractivity contribution in [2.45, 2.75) is 64.0 Å². The van der Waals surface area contributed by atoms with Crippen LogP contribution in [0.1, 0.15) is 54.9 Å².